The Morgan fingerprint density at radius 1 is 1.32 bits per heavy atom. The molecule has 2 N–H and O–H groups in total. The van der Waals surface area contributed by atoms with Crippen LogP contribution in [0.25, 0.3) is 0 Å². The third kappa shape index (κ3) is 3.62. The van der Waals surface area contributed by atoms with Gasteiger partial charge >= 0.3 is 0 Å². The fourth-order valence-corrected chi connectivity index (χ4v) is 3.68. The molecule has 1 aliphatic rings. The van der Waals surface area contributed by atoms with Crippen LogP contribution in [0.1, 0.15) is 31.2 Å². The van der Waals surface area contributed by atoms with Crippen LogP contribution in [0.4, 0.5) is 5.69 Å². The van der Waals surface area contributed by atoms with Gasteiger partial charge in [0.25, 0.3) is 0 Å². The predicted octanol–water partition coefficient (Wildman–Crippen LogP) is 2.31. The third-order valence-electron chi connectivity index (χ3n) is 3.69. The van der Waals surface area contributed by atoms with E-state index in [1.165, 1.54) is 6.26 Å². The van der Waals surface area contributed by atoms with Gasteiger partial charge in [-0.05, 0) is 37.8 Å². The lowest BCUT2D eigenvalue weighted by Gasteiger charge is -2.29. The van der Waals surface area contributed by atoms with E-state index in [2.05, 4.69) is 0 Å². The summed E-state index contributed by atoms with van der Waals surface area (Å²) in [7, 11) is -2.97. The van der Waals surface area contributed by atoms with Crippen molar-refractivity contribution in [1.82, 2.24) is 0 Å². The number of benzene rings is 1. The summed E-state index contributed by atoms with van der Waals surface area (Å²) < 4.78 is 29.2. The normalized spacial score (nSPS) is 24.1. The minimum absolute atomic E-state index is 0.0334. The van der Waals surface area contributed by atoms with Crippen LogP contribution in [0, 0.1) is 6.92 Å². The maximum atomic E-state index is 11.6. The molecule has 2 rings (SSSR count). The van der Waals surface area contributed by atoms with Crippen LogP contribution in [0.5, 0.6) is 5.75 Å². The number of aryl methyl sites for hydroxylation is 1. The number of hydrogen-bond donors (Lipinski definition) is 1. The zero-order valence-corrected chi connectivity index (χ0v) is 12.2. The minimum atomic E-state index is -2.97. The molecule has 1 aliphatic carbocycles. The Morgan fingerprint density at radius 3 is 2.74 bits per heavy atom. The molecule has 1 saturated carbocycles. The zero-order valence-electron chi connectivity index (χ0n) is 11.4. The molecular weight excluding hydrogens is 262 g/mol. The van der Waals surface area contributed by atoms with E-state index in [0.717, 1.165) is 30.6 Å². The third-order valence-corrected chi connectivity index (χ3v) is 5.33. The molecule has 0 aliphatic heterocycles. The van der Waals surface area contributed by atoms with Crippen LogP contribution in [0.2, 0.25) is 0 Å². The molecule has 5 heteroatoms. The maximum Gasteiger partial charge on any atom is 0.150 e. The molecule has 0 spiro atoms. The Hall–Kier alpha value is -1.23. The molecule has 106 valence electrons. The topological polar surface area (TPSA) is 69.4 Å². The number of ether oxygens (including phenoxy) is 1. The molecule has 2 unspecified atom stereocenters. The molecule has 1 aromatic carbocycles. The summed E-state index contributed by atoms with van der Waals surface area (Å²) in [6, 6.07) is 5.56. The second kappa shape index (κ2) is 5.41. The van der Waals surface area contributed by atoms with Gasteiger partial charge in [0.15, 0.2) is 0 Å². The van der Waals surface area contributed by atoms with Crippen molar-refractivity contribution in [3.63, 3.8) is 0 Å². The van der Waals surface area contributed by atoms with Crippen molar-refractivity contribution < 1.29 is 13.2 Å². The Labute approximate surface area is 114 Å². The summed E-state index contributed by atoms with van der Waals surface area (Å²) in [6.07, 6.45) is 4.39. The molecule has 0 heterocycles. The van der Waals surface area contributed by atoms with Gasteiger partial charge < -0.3 is 10.5 Å². The summed E-state index contributed by atoms with van der Waals surface area (Å²) in [4.78, 5) is 0. The fourth-order valence-electron chi connectivity index (χ4n) is 2.52. The number of rotatable bonds is 3. The fraction of sp³-hybridized carbons (Fsp3) is 0.571. The highest BCUT2D eigenvalue weighted by Gasteiger charge is 2.30. The average Bonchev–Trinajstić information content (AvgIpc) is 2.33. The molecule has 19 heavy (non-hydrogen) atoms. The predicted molar refractivity (Wildman–Crippen MR) is 77.1 cm³/mol. The lowest BCUT2D eigenvalue weighted by molar-refractivity contribution is 0.155. The molecular formula is C14H21NO3S. The van der Waals surface area contributed by atoms with Crippen molar-refractivity contribution in [1.29, 1.82) is 0 Å². The molecule has 0 amide bonds. The van der Waals surface area contributed by atoms with Gasteiger partial charge in [-0.3, -0.25) is 0 Å². The first-order valence-corrected chi connectivity index (χ1v) is 8.53. The van der Waals surface area contributed by atoms with E-state index in [1.54, 1.807) is 6.07 Å². The van der Waals surface area contributed by atoms with Gasteiger partial charge in [0.2, 0.25) is 0 Å². The van der Waals surface area contributed by atoms with Crippen molar-refractivity contribution >= 4 is 15.5 Å². The quantitative estimate of drug-likeness (QED) is 0.864. The number of nitrogens with two attached hydrogens (primary N) is 1. The molecule has 0 radical (unpaired) electrons. The molecule has 0 saturated heterocycles. The molecule has 1 aromatic rings. The van der Waals surface area contributed by atoms with Gasteiger partial charge in [0.1, 0.15) is 15.6 Å². The van der Waals surface area contributed by atoms with Crippen LogP contribution in [-0.4, -0.2) is 26.0 Å². The highest BCUT2D eigenvalue weighted by molar-refractivity contribution is 7.91. The van der Waals surface area contributed by atoms with Crippen LogP contribution in [0.15, 0.2) is 18.2 Å². The van der Waals surface area contributed by atoms with Crippen molar-refractivity contribution in [3.05, 3.63) is 23.8 Å². The highest BCUT2D eigenvalue weighted by atomic mass is 32.2. The minimum Gasteiger partial charge on any atom is -0.490 e. The largest absolute Gasteiger partial charge is 0.490 e. The first-order chi connectivity index (χ1) is 8.86. The first-order valence-electron chi connectivity index (χ1n) is 6.58. The molecule has 0 bridgehead atoms. The van der Waals surface area contributed by atoms with Crippen LogP contribution in [0.3, 0.4) is 0 Å². The molecule has 1 fully saturated rings. The second-order valence-corrected chi connectivity index (χ2v) is 7.71. The van der Waals surface area contributed by atoms with E-state index < -0.39 is 9.84 Å². The van der Waals surface area contributed by atoms with Gasteiger partial charge in [-0.15, -0.1) is 0 Å². The van der Waals surface area contributed by atoms with Crippen molar-refractivity contribution in [2.75, 3.05) is 12.0 Å². The Bertz CT molecular complexity index is 554. The number of nitrogen functional groups attached to an aromatic ring is 1. The van der Waals surface area contributed by atoms with Gasteiger partial charge in [0, 0.05) is 24.4 Å². The second-order valence-electron chi connectivity index (χ2n) is 5.38. The first kappa shape index (κ1) is 14.2. The van der Waals surface area contributed by atoms with Crippen molar-refractivity contribution in [2.45, 2.75) is 44.0 Å². The number of anilines is 1. The summed E-state index contributed by atoms with van der Waals surface area (Å²) in [6.45, 7) is 1.96. The van der Waals surface area contributed by atoms with Gasteiger partial charge in [-0.1, -0.05) is 6.07 Å². The monoisotopic (exact) mass is 283 g/mol. The van der Waals surface area contributed by atoms with E-state index >= 15 is 0 Å². The lowest BCUT2D eigenvalue weighted by atomic mass is 9.97. The molecule has 4 nitrogen and oxygen atoms in total. The zero-order chi connectivity index (χ0) is 14.0. The van der Waals surface area contributed by atoms with Crippen LogP contribution < -0.4 is 10.5 Å². The van der Waals surface area contributed by atoms with Crippen LogP contribution in [-0.2, 0) is 9.84 Å². The highest BCUT2D eigenvalue weighted by Crippen LogP contribution is 2.29. The van der Waals surface area contributed by atoms with Crippen LogP contribution >= 0.6 is 0 Å². The Morgan fingerprint density at radius 2 is 2.05 bits per heavy atom. The summed E-state index contributed by atoms with van der Waals surface area (Å²) >= 11 is 0. The van der Waals surface area contributed by atoms with Crippen molar-refractivity contribution in [3.8, 4) is 5.75 Å². The van der Waals surface area contributed by atoms with Gasteiger partial charge in [-0.25, -0.2) is 8.42 Å². The van der Waals surface area contributed by atoms with Gasteiger partial charge in [0.05, 0.1) is 11.4 Å². The average molecular weight is 283 g/mol. The Kier molecular flexibility index (Phi) is 4.04. The number of hydrogen-bond acceptors (Lipinski definition) is 4. The molecule has 2 atom stereocenters. The SMILES string of the molecule is Cc1ccc(N)cc1OC1CCCC(S(C)(=O)=O)C1. The van der Waals surface area contributed by atoms with E-state index in [9.17, 15) is 8.42 Å². The van der Waals surface area contributed by atoms with E-state index in [-0.39, 0.29) is 11.4 Å². The van der Waals surface area contributed by atoms with E-state index in [4.69, 9.17) is 10.5 Å². The van der Waals surface area contributed by atoms with Gasteiger partial charge in [-0.2, -0.15) is 0 Å². The van der Waals surface area contributed by atoms with Crippen molar-refractivity contribution in [2.24, 2.45) is 0 Å². The summed E-state index contributed by atoms with van der Waals surface area (Å²) in [5.74, 6) is 0.763. The Balaban J connectivity index is 2.09. The number of sulfone groups is 1. The summed E-state index contributed by atoms with van der Waals surface area (Å²) in [5.41, 5.74) is 7.44. The lowest BCUT2D eigenvalue weighted by Crippen LogP contribution is -2.33. The van der Waals surface area contributed by atoms with E-state index in [1.807, 2.05) is 19.1 Å². The standard InChI is InChI=1S/C14H21NO3S/c1-10-6-7-11(15)8-14(10)18-12-4-3-5-13(9-12)19(2,16)17/h6-8,12-13H,3-5,9,15H2,1-2H3. The maximum absolute atomic E-state index is 11.6. The smallest absolute Gasteiger partial charge is 0.150 e. The van der Waals surface area contributed by atoms with E-state index in [0.29, 0.717) is 12.1 Å². The summed E-state index contributed by atoms with van der Waals surface area (Å²) in [5, 5.41) is -0.271. The molecule has 0 aromatic heterocycles.